The van der Waals surface area contributed by atoms with Crippen molar-refractivity contribution in [2.75, 3.05) is 0 Å². The number of aliphatic imine (C=N–C) groups is 1. The lowest BCUT2D eigenvalue weighted by atomic mass is 10.1. The monoisotopic (exact) mass is 564 g/mol. The largest absolute Gasteiger partial charge is 0.480 e. The Morgan fingerprint density at radius 1 is 0.973 bits per heavy atom. The first-order valence-corrected chi connectivity index (χ1v) is 11.3. The van der Waals surface area contributed by atoms with Gasteiger partial charge in [-0.1, -0.05) is 53.5 Å². The van der Waals surface area contributed by atoms with E-state index in [4.69, 9.17) is 39.4 Å². The molecule has 1 amide bonds. The van der Waals surface area contributed by atoms with Gasteiger partial charge in [0.2, 0.25) is 5.91 Å². The Balaban J connectivity index is 0.00000481. The van der Waals surface area contributed by atoms with Gasteiger partial charge in [0.25, 0.3) is 0 Å². The first-order chi connectivity index (χ1) is 17.1. The van der Waals surface area contributed by atoms with Gasteiger partial charge < -0.3 is 26.6 Å². The third kappa shape index (κ3) is 8.68. The lowest BCUT2D eigenvalue weighted by molar-refractivity contribution is -0.141. The molecule has 3 rings (SSSR count). The normalized spacial score (nSPS) is 11.0. The summed E-state index contributed by atoms with van der Waals surface area (Å²) in [6.07, 6.45) is -0.151. The molecule has 194 valence electrons. The Hall–Kier alpha value is -3.79. The van der Waals surface area contributed by atoms with Gasteiger partial charge in [0.1, 0.15) is 11.8 Å². The predicted molar refractivity (Wildman–Crippen MR) is 144 cm³/mol. The van der Waals surface area contributed by atoms with Crippen molar-refractivity contribution < 1.29 is 24.2 Å². The van der Waals surface area contributed by atoms with Crippen LogP contribution in [0.15, 0.2) is 71.7 Å². The highest BCUT2D eigenvalue weighted by atomic mass is 35.5. The minimum absolute atomic E-state index is 0. The van der Waals surface area contributed by atoms with Gasteiger partial charge in [0.15, 0.2) is 5.96 Å². The lowest BCUT2D eigenvalue weighted by Crippen LogP contribution is -2.43. The number of amides is 1. The Labute approximate surface area is 228 Å². The molecular formula is C25H23Cl3N4O5. The van der Waals surface area contributed by atoms with E-state index in [0.717, 1.165) is 5.56 Å². The van der Waals surface area contributed by atoms with E-state index in [-0.39, 0.29) is 58.1 Å². The highest BCUT2D eigenvalue weighted by molar-refractivity contribution is 6.36. The highest BCUT2D eigenvalue weighted by Crippen LogP contribution is 2.31. The van der Waals surface area contributed by atoms with Gasteiger partial charge in [0, 0.05) is 16.5 Å². The van der Waals surface area contributed by atoms with E-state index >= 15 is 0 Å². The Bertz CT molecular complexity index is 1270. The molecule has 0 aliphatic heterocycles. The molecule has 0 radical (unpaired) electrons. The van der Waals surface area contributed by atoms with Crippen molar-refractivity contribution in [1.29, 1.82) is 0 Å². The number of hydrogen-bond donors (Lipinski definition) is 4. The van der Waals surface area contributed by atoms with Crippen LogP contribution in [0.3, 0.4) is 0 Å². The van der Waals surface area contributed by atoms with Gasteiger partial charge in [-0.15, -0.1) is 12.4 Å². The summed E-state index contributed by atoms with van der Waals surface area (Å²) in [6.45, 7) is 0. The standard InChI is InChI=1S/C25H22Cl2N4O5.ClH/c26-19-11-17(36-24(35)15-6-8-16(9-7-15)30-25(28)29)12-20(27)18(19)13-22(32)31-21(23(33)34)10-14-4-2-1-3-5-14;/h1-9,11-12,21H,10,13H2,(H,31,32)(H,33,34)(H4,28,29,30);1H/t21-;/m0./s1. The number of guanidine groups is 1. The van der Waals surface area contributed by atoms with E-state index in [2.05, 4.69) is 10.3 Å². The Kier molecular flexibility index (Phi) is 10.7. The number of aliphatic carboxylic acids is 1. The van der Waals surface area contributed by atoms with Crippen LogP contribution < -0.4 is 21.5 Å². The van der Waals surface area contributed by atoms with Crippen molar-refractivity contribution in [1.82, 2.24) is 5.32 Å². The van der Waals surface area contributed by atoms with Gasteiger partial charge >= 0.3 is 11.9 Å². The number of carbonyl (C=O) groups excluding carboxylic acids is 2. The quantitative estimate of drug-likeness (QED) is 0.133. The molecule has 6 N–H and O–H groups in total. The van der Waals surface area contributed by atoms with Crippen molar-refractivity contribution in [2.24, 2.45) is 16.5 Å². The van der Waals surface area contributed by atoms with Crippen molar-refractivity contribution in [3.05, 3.63) is 93.5 Å². The number of carbonyl (C=O) groups is 3. The molecule has 0 aliphatic carbocycles. The van der Waals surface area contributed by atoms with Crippen molar-refractivity contribution in [3.63, 3.8) is 0 Å². The summed E-state index contributed by atoms with van der Waals surface area (Å²) in [5.74, 6) is -2.46. The molecule has 0 saturated carbocycles. The first-order valence-electron chi connectivity index (χ1n) is 10.6. The number of halogens is 3. The van der Waals surface area contributed by atoms with Crippen LogP contribution in [0.1, 0.15) is 21.5 Å². The fraction of sp³-hybridized carbons (Fsp3) is 0.120. The lowest BCUT2D eigenvalue weighted by Gasteiger charge is -2.16. The molecule has 0 fully saturated rings. The van der Waals surface area contributed by atoms with Gasteiger partial charge in [0.05, 0.1) is 17.7 Å². The number of hydrogen-bond acceptors (Lipinski definition) is 5. The maximum atomic E-state index is 12.6. The molecule has 0 saturated heterocycles. The number of carboxylic acids is 1. The highest BCUT2D eigenvalue weighted by Gasteiger charge is 2.22. The summed E-state index contributed by atoms with van der Waals surface area (Å²) in [4.78, 5) is 40.5. The molecule has 0 unspecified atom stereocenters. The van der Waals surface area contributed by atoms with Crippen LogP contribution >= 0.6 is 35.6 Å². The summed E-state index contributed by atoms with van der Waals surface area (Å²) in [5, 5.41) is 12.1. The number of rotatable bonds is 9. The fourth-order valence-corrected chi connectivity index (χ4v) is 3.85. The second-order valence-corrected chi connectivity index (χ2v) is 8.48. The van der Waals surface area contributed by atoms with Gasteiger partial charge in [-0.2, -0.15) is 0 Å². The topological polar surface area (TPSA) is 157 Å². The molecule has 1 atom stereocenters. The van der Waals surface area contributed by atoms with Gasteiger partial charge in [-0.3, -0.25) is 4.79 Å². The summed E-state index contributed by atoms with van der Waals surface area (Å²) in [5.41, 5.74) is 12.4. The van der Waals surface area contributed by atoms with E-state index in [1.54, 1.807) is 36.4 Å². The van der Waals surface area contributed by atoms with Crippen molar-refractivity contribution in [3.8, 4) is 5.75 Å². The summed E-state index contributed by atoms with van der Waals surface area (Å²) < 4.78 is 5.33. The van der Waals surface area contributed by atoms with Crippen LogP contribution in [0.4, 0.5) is 5.69 Å². The van der Waals surface area contributed by atoms with E-state index in [1.165, 1.54) is 24.3 Å². The number of nitrogens with two attached hydrogens (primary N) is 2. The average Bonchev–Trinajstić information content (AvgIpc) is 2.81. The van der Waals surface area contributed by atoms with Crippen LogP contribution in [-0.2, 0) is 22.4 Å². The predicted octanol–water partition coefficient (Wildman–Crippen LogP) is 3.89. The smallest absolute Gasteiger partial charge is 0.343 e. The zero-order valence-corrected chi connectivity index (χ0v) is 21.5. The summed E-state index contributed by atoms with van der Waals surface area (Å²) in [6, 6.07) is 16.5. The number of esters is 1. The van der Waals surface area contributed by atoms with Crippen LogP contribution in [0, 0.1) is 0 Å². The third-order valence-electron chi connectivity index (χ3n) is 4.94. The molecule has 0 aliphatic rings. The number of benzene rings is 3. The van der Waals surface area contributed by atoms with Crippen molar-refractivity contribution in [2.45, 2.75) is 18.9 Å². The second-order valence-electron chi connectivity index (χ2n) is 7.66. The molecular weight excluding hydrogens is 543 g/mol. The fourth-order valence-electron chi connectivity index (χ4n) is 3.25. The maximum Gasteiger partial charge on any atom is 0.343 e. The van der Waals surface area contributed by atoms with E-state index < -0.39 is 23.9 Å². The molecule has 3 aromatic rings. The number of nitrogens with one attached hydrogen (secondary N) is 1. The van der Waals surface area contributed by atoms with E-state index in [0.29, 0.717) is 5.69 Å². The molecule has 3 aromatic carbocycles. The first kappa shape index (κ1) is 29.4. The molecule has 9 nitrogen and oxygen atoms in total. The molecule has 0 heterocycles. The number of carboxylic acid groups (broad SMARTS) is 1. The number of ether oxygens (including phenoxy) is 1. The Morgan fingerprint density at radius 3 is 2.11 bits per heavy atom. The summed E-state index contributed by atoms with van der Waals surface area (Å²) >= 11 is 12.6. The van der Waals surface area contributed by atoms with Crippen LogP contribution in [0.25, 0.3) is 0 Å². The van der Waals surface area contributed by atoms with Crippen LogP contribution in [-0.4, -0.2) is 35.0 Å². The molecule has 0 aromatic heterocycles. The zero-order valence-electron chi connectivity index (χ0n) is 19.2. The molecule has 37 heavy (non-hydrogen) atoms. The minimum Gasteiger partial charge on any atom is -0.480 e. The summed E-state index contributed by atoms with van der Waals surface area (Å²) in [7, 11) is 0. The zero-order chi connectivity index (χ0) is 26.2. The van der Waals surface area contributed by atoms with Crippen LogP contribution in [0.5, 0.6) is 5.75 Å². The molecule has 0 spiro atoms. The molecule has 0 bridgehead atoms. The Morgan fingerprint density at radius 2 is 1.57 bits per heavy atom. The van der Waals surface area contributed by atoms with Gasteiger partial charge in [-0.25, -0.2) is 14.6 Å². The van der Waals surface area contributed by atoms with E-state index in [9.17, 15) is 19.5 Å². The maximum absolute atomic E-state index is 12.6. The van der Waals surface area contributed by atoms with Crippen molar-refractivity contribution >= 4 is 65.1 Å². The average molecular weight is 566 g/mol. The second kappa shape index (κ2) is 13.5. The minimum atomic E-state index is -1.17. The van der Waals surface area contributed by atoms with Crippen LogP contribution in [0.2, 0.25) is 10.0 Å². The molecule has 12 heteroatoms. The van der Waals surface area contributed by atoms with Gasteiger partial charge in [-0.05, 0) is 47.5 Å². The SMILES string of the molecule is Cl.NC(N)=Nc1ccc(C(=O)Oc2cc(Cl)c(CC(=O)N[C@@H](Cc3ccccc3)C(=O)O)c(Cl)c2)cc1. The third-order valence-corrected chi connectivity index (χ3v) is 5.61. The number of nitrogens with zero attached hydrogens (tertiary/aromatic N) is 1. The van der Waals surface area contributed by atoms with E-state index in [1.807, 2.05) is 6.07 Å².